The summed E-state index contributed by atoms with van der Waals surface area (Å²) in [5.41, 5.74) is 0.577. The molecule has 1 amide bonds. The molecule has 31 heavy (non-hydrogen) atoms. The third kappa shape index (κ3) is 6.51. The largest absolute Gasteiger partial charge is 0.451 e. The number of hydrogen-bond donors (Lipinski definition) is 2. The average Bonchev–Trinajstić information content (AvgIpc) is 2.69. The van der Waals surface area contributed by atoms with E-state index in [9.17, 15) is 22.8 Å². The number of ketones is 1. The number of ether oxygens (including phenoxy) is 1. The number of para-hydroxylation sites is 1. The van der Waals surface area contributed by atoms with Crippen molar-refractivity contribution in [2.24, 2.45) is 0 Å². The molecule has 1 unspecified atom stereocenters. The van der Waals surface area contributed by atoms with Crippen LogP contribution in [-0.4, -0.2) is 38.2 Å². The molecule has 8 nitrogen and oxygen atoms in total. The van der Waals surface area contributed by atoms with Crippen LogP contribution in [0.2, 0.25) is 10.0 Å². The summed E-state index contributed by atoms with van der Waals surface area (Å²) in [7, 11) is -4.10. The minimum Gasteiger partial charge on any atom is -0.451 e. The Kier molecular flexibility index (Phi) is 8.19. The number of benzene rings is 2. The quantitative estimate of drug-likeness (QED) is 0.435. The molecule has 0 bridgehead atoms. The number of rotatable bonds is 8. The number of amides is 1. The van der Waals surface area contributed by atoms with Crippen LogP contribution in [0.4, 0.5) is 5.69 Å². The molecule has 166 valence electrons. The molecule has 0 heterocycles. The van der Waals surface area contributed by atoms with Crippen molar-refractivity contribution in [3.63, 3.8) is 0 Å². The Morgan fingerprint density at radius 3 is 2.26 bits per heavy atom. The van der Waals surface area contributed by atoms with Crippen LogP contribution in [0.15, 0.2) is 47.4 Å². The summed E-state index contributed by atoms with van der Waals surface area (Å²) in [5.74, 6) is -1.89. The van der Waals surface area contributed by atoms with Crippen LogP contribution >= 0.6 is 23.2 Å². The molecule has 0 radical (unpaired) electrons. The first-order valence-corrected chi connectivity index (χ1v) is 11.2. The molecule has 0 fully saturated rings. The minimum atomic E-state index is -4.10. The van der Waals surface area contributed by atoms with Crippen molar-refractivity contribution < 1.29 is 27.5 Å². The smallest absolute Gasteiger partial charge is 0.324 e. The lowest BCUT2D eigenvalue weighted by Crippen LogP contribution is -2.42. The van der Waals surface area contributed by atoms with E-state index in [2.05, 4.69) is 10.0 Å². The second-order valence-electron chi connectivity index (χ2n) is 6.59. The van der Waals surface area contributed by atoms with Crippen molar-refractivity contribution in [3.05, 3.63) is 58.1 Å². The second-order valence-corrected chi connectivity index (χ2v) is 9.12. The van der Waals surface area contributed by atoms with E-state index in [1.807, 2.05) is 0 Å². The molecule has 11 heteroatoms. The fourth-order valence-electron chi connectivity index (χ4n) is 2.46. The number of hydrogen-bond acceptors (Lipinski definition) is 6. The lowest BCUT2D eigenvalue weighted by atomic mass is 10.1. The Morgan fingerprint density at radius 2 is 1.65 bits per heavy atom. The molecule has 0 saturated carbocycles. The Labute approximate surface area is 189 Å². The van der Waals surface area contributed by atoms with Gasteiger partial charge in [-0.1, -0.05) is 35.3 Å². The number of anilines is 1. The van der Waals surface area contributed by atoms with E-state index in [1.165, 1.54) is 39.0 Å². The zero-order chi connectivity index (χ0) is 23.3. The summed E-state index contributed by atoms with van der Waals surface area (Å²) in [5, 5.41) is 2.74. The Bertz CT molecular complexity index is 1120. The highest BCUT2D eigenvalue weighted by atomic mass is 35.5. The highest BCUT2D eigenvalue weighted by molar-refractivity contribution is 7.89. The van der Waals surface area contributed by atoms with Crippen molar-refractivity contribution in [1.29, 1.82) is 0 Å². The second kappa shape index (κ2) is 10.2. The van der Waals surface area contributed by atoms with E-state index < -0.39 is 34.0 Å². The first-order chi connectivity index (χ1) is 14.4. The molecular weight excluding hydrogens is 467 g/mol. The van der Waals surface area contributed by atoms with Gasteiger partial charge in [-0.2, -0.15) is 4.72 Å². The van der Waals surface area contributed by atoms with Gasteiger partial charge in [-0.3, -0.25) is 14.4 Å². The van der Waals surface area contributed by atoms with Crippen LogP contribution in [0.25, 0.3) is 0 Å². The zero-order valence-electron chi connectivity index (χ0n) is 16.8. The third-order valence-electron chi connectivity index (χ3n) is 4.11. The summed E-state index contributed by atoms with van der Waals surface area (Å²) in [4.78, 5) is 36.1. The summed E-state index contributed by atoms with van der Waals surface area (Å²) >= 11 is 11.6. The van der Waals surface area contributed by atoms with E-state index in [0.717, 1.165) is 6.07 Å². The number of carbonyl (C=O) groups excluding carboxylic acids is 3. The van der Waals surface area contributed by atoms with Gasteiger partial charge in [0.05, 0.1) is 20.6 Å². The van der Waals surface area contributed by atoms with Gasteiger partial charge in [-0.15, -0.1) is 0 Å². The van der Waals surface area contributed by atoms with Crippen molar-refractivity contribution in [1.82, 2.24) is 4.72 Å². The number of Topliss-reactive ketones (excluding diaryl/α,β-unsaturated/α-hetero) is 1. The van der Waals surface area contributed by atoms with E-state index in [4.69, 9.17) is 27.9 Å². The first kappa shape index (κ1) is 24.8. The van der Waals surface area contributed by atoms with Gasteiger partial charge in [-0.05, 0) is 51.1 Å². The SMILES string of the molecule is CC(=O)c1ccccc1NC(=O)C(C)OC(=O)[C@H](C)NS(=O)(=O)c1ccc(Cl)c(Cl)c1. The Morgan fingerprint density at radius 1 is 1.00 bits per heavy atom. The summed E-state index contributed by atoms with van der Waals surface area (Å²) < 4.78 is 32.1. The van der Waals surface area contributed by atoms with Gasteiger partial charge < -0.3 is 10.1 Å². The molecule has 2 aromatic rings. The van der Waals surface area contributed by atoms with E-state index in [0.29, 0.717) is 5.56 Å². The topological polar surface area (TPSA) is 119 Å². The van der Waals surface area contributed by atoms with Crippen LogP contribution in [0.3, 0.4) is 0 Å². The molecule has 0 saturated heterocycles. The molecule has 0 spiro atoms. The van der Waals surface area contributed by atoms with Gasteiger partial charge in [0.15, 0.2) is 11.9 Å². The van der Waals surface area contributed by atoms with Crippen molar-refractivity contribution >= 4 is 56.6 Å². The first-order valence-electron chi connectivity index (χ1n) is 9.01. The van der Waals surface area contributed by atoms with Crippen LogP contribution in [0, 0.1) is 0 Å². The molecule has 2 aromatic carbocycles. The van der Waals surface area contributed by atoms with E-state index in [-0.39, 0.29) is 26.4 Å². The normalized spacial score (nSPS) is 13.2. The maximum Gasteiger partial charge on any atom is 0.324 e. The van der Waals surface area contributed by atoms with Gasteiger partial charge in [0, 0.05) is 5.56 Å². The molecule has 0 aliphatic heterocycles. The Balaban J connectivity index is 2.02. The molecule has 0 aromatic heterocycles. The molecule has 2 N–H and O–H groups in total. The summed E-state index contributed by atoms with van der Waals surface area (Å²) in [6, 6.07) is 8.78. The van der Waals surface area contributed by atoms with E-state index >= 15 is 0 Å². The highest BCUT2D eigenvalue weighted by Gasteiger charge is 2.27. The van der Waals surface area contributed by atoms with Crippen molar-refractivity contribution in [3.8, 4) is 0 Å². The van der Waals surface area contributed by atoms with Crippen molar-refractivity contribution in [2.45, 2.75) is 37.8 Å². The van der Waals surface area contributed by atoms with Crippen LogP contribution < -0.4 is 10.0 Å². The molecule has 2 rings (SSSR count). The van der Waals surface area contributed by atoms with Gasteiger partial charge in [0.2, 0.25) is 10.0 Å². The predicted octanol–water partition coefficient (Wildman–Crippen LogP) is 3.43. The molecule has 2 atom stereocenters. The monoisotopic (exact) mass is 486 g/mol. The fraction of sp³-hybridized carbons (Fsp3) is 0.250. The summed E-state index contributed by atoms with van der Waals surface area (Å²) in [6.45, 7) is 3.95. The maximum absolute atomic E-state index is 12.4. The highest BCUT2D eigenvalue weighted by Crippen LogP contribution is 2.25. The predicted molar refractivity (Wildman–Crippen MR) is 117 cm³/mol. The van der Waals surface area contributed by atoms with Crippen LogP contribution in [0.5, 0.6) is 0 Å². The lowest BCUT2D eigenvalue weighted by Gasteiger charge is -2.18. The molecular formula is C20H20Cl2N2O6S. The zero-order valence-corrected chi connectivity index (χ0v) is 19.1. The van der Waals surface area contributed by atoms with Crippen LogP contribution in [0.1, 0.15) is 31.1 Å². The van der Waals surface area contributed by atoms with Gasteiger partial charge in [-0.25, -0.2) is 8.42 Å². The van der Waals surface area contributed by atoms with Gasteiger partial charge in [0.1, 0.15) is 6.04 Å². The average molecular weight is 487 g/mol. The minimum absolute atomic E-state index is 0.0379. The van der Waals surface area contributed by atoms with Gasteiger partial charge >= 0.3 is 5.97 Å². The maximum atomic E-state index is 12.4. The Hall–Kier alpha value is -2.46. The standard InChI is InChI=1S/C20H20Cl2N2O6S/c1-11(24-31(28,29)14-8-9-16(21)17(22)10-14)20(27)30-13(3)19(26)23-18-7-5-4-6-15(18)12(2)25/h4-11,13,24H,1-3H3,(H,23,26)/t11-,13?/m0/s1. The fourth-order valence-corrected chi connectivity index (χ4v) is 4.04. The van der Waals surface area contributed by atoms with Crippen molar-refractivity contribution in [2.75, 3.05) is 5.32 Å². The van der Waals surface area contributed by atoms with Crippen LogP contribution in [-0.2, 0) is 24.3 Å². The summed E-state index contributed by atoms with van der Waals surface area (Å²) in [6.07, 6.45) is -1.25. The number of nitrogens with one attached hydrogen (secondary N) is 2. The van der Waals surface area contributed by atoms with Gasteiger partial charge in [0.25, 0.3) is 5.91 Å². The number of carbonyl (C=O) groups is 3. The lowest BCUT2D eigenvalue weighted by molar-refractivity contribution is -0.154. The number of halogens is 2. The number of esters is 1. The molecule has 0 aliphatic rings. The van der Waals surface area contributed by atoms with E-state index in [1.54, 1.807) is 18.2 Å². The molecule has 0 aliphatic carbocycles. The number of sulfonamides is 1. The third-order valence-corrected chi connectivity index (χ3v) is 6.39.